The molecule has 0 saturated heterocycles. The Morgan fingerprint density at radius 1 is 1.19 bits per heavy atom. The second-order valence-corrected chi connectivity index (χ2v) is 3.79. The Balaban J connectivity index is 2.37. The Morgan fingerprint density at radius 2 is 2.06 bits per heavy atom. The van der Waals surface area contributed by atoms with Crippen LogP contribution in [0.3, 0.4) is 0 Å². The fourth-order valence-corrected chi connectivity index (χ4v) is 1.86. The van der Waals surface area contributed by atoms with Gasteiger partial charge in [0, 0.05) is 0 Å². The average molecular weight is 255 g/mol. The van der Waals surface area contributed by atoms with Crippen molar-refractivity contribution in [1.29, 1.82) is 0 Å². The van der Waals surface area contributed by atoms with E-state index in [-0.39, 0.29) is 5.22 Å². The Morgan fingerprint density at radius 3 is 2.81 bits per heavy atom. The SMILES string of the molecule is Clc1occc1-c1nnc2cncc(Cl)n12. The Kier molecular flexibility index (Phi) is 2.08. The minimum absolute atomic E-state index is 0.252. The van der Waals surface area contributed by atoms with Gasteiger partial charge in [0.05, 0.1) is 24.2 Å². The van der Waals surface area contributed by atoms with Crippen LogP contribution in [0.2, 0.25) is 10.4 Å². The number of hydrogen-bond donors (Lipinski definition) is 0. The fourth-order valence-electron chi connectivity index (χ4n) is 1.44. The van der Waals surface area contributed by atoms with Crippen LogP contribution < -0.4 is 0 Å². The van der Waals surface area contributed by atoms with Crippen LogP contribution in [0.4, 0.5) is 0 Å². The molecule has 16 heavy (non-hydrogen) atoms. The summed E-state index contributed by atoms with van der Waals surface area (Å²) in [6, 6.07) is 1.70. The van der Waals surface area contributed by atoms with Crippen LogP contribution in [0.25, 0.3) is 17.0 Å². The molecular weight excluding hydrogens is 251 g/mol. The van der Waals surface area contributed by atoms with Crippen molar-refractivity contribution in [3.05, 3.63) is 35.1 Å². The third-order valence-electron chi connectivity index (χ3n) is 2.13. The standard InChI is InChI=1S/C9H4Cl2N4O/c10-6-3-12-4-7-13-14-9(15(6)7)5-1-2-16-8(5)11/h1-4H. The smallest absolute Gasteiger partial charge is 0.204 e. The number of nitrogens with zero attached hydrogens (tertiary/aromatic N) is 4. The van der Waals surface area contributed by atoms with Gasteiger partial charge in [-0.2, -0.15) is 0 Å². The number of halogens is 2. The van der Waals surface area contributed by atoms with Crippen molar-refractivity contribution in [2.24, 2.45) is 0 Å². The summed E-state index contributed by atoms with van der Waals surface area (Å²) in [5, 5.41) is 8.61. The van der Waals surface area contributed by atoms with Gasteiger partial charge < -0.3 is 4.42 Å². The molecule has 3 rings (SSSR count). The number of rotatable bonds is 1. The zero-order valence-corrected chi connectivity index (χ0v) is 9.27. The Bertz CT molecular complexity index is 660. The lowest BCUT2D eigenvalue weighted by molar-refractivity contribution is 0.570. The summed E-state index contributed by atoms with van der Waals surface area (Å²) >= 11 is 11.9. The van der Waals surface area contributed by atoms with E-state index in [2.05, 4.69) is 15.2 Å². The van der Waals surface area contributed by atoms with Gasteiger partial charge >= 0.3 is 0 Å². The predicted molar refractivity (Wildman–Crippen MR) is 58.5 cm³/mol. The molecule has 7 heteroatoms. The van der Waals surface area contributed by atoms with E-state index in [4.69, 9.17) is 27.6 Å². The molecule has 0 aliphatic rings. The highest BCUT2D eigenvalue weighted by Gasteiger charge is 2.15. The van der Waals surface area contributed by atoms with E-state index < -0.39 is 0 Å². The minimum atomic E-state index is 0.252. The highest BCUT2D eigenvalue weighted by molar-refractivity contribution is 6.31. The molecule has 0 fully saturated rings. The van der Waals surface area contributed by atoms with Gasteiger partial charge in [0.1, 0.15) is 5.15 Å². The number of aromatic nitrogens is 4. The van der Waals surface area contributed by atoms with Gasteiger partial charge in [-0.3, -0.25) is 9.38 Å². The van der Waals surface area contributed by atoms with E-state index in [0.717, 1.165) is 0 Å². The molecule has 5 nitrogen and oxygen atoms in total. The van der Waals surface area contributed by atoms with Crippen molar-refractivity contribution in [3.8, 4) is 11.4 Å². The largest absolute Gasteiger partial charge is 0.452 e. The molecule has 0 aliphatic heterocycles. The van der Waals surface area contributed by atoms with Crippen LogP contribution in [0.1, 0.15) is 0 Å². The quantitative estimate of drug-likeness (QED) is 0.670. The normalized spacial score (nSPS) is 11.1. The minimum Gasteiger partial charge on any atom is -0.452 e. The Labute approximate surface area is 99.6 Å². The van der Waals surface area contributed by atoms with E-state index >= 15 is 0 Å². The molecule has 0 atom stereocenters. The van der Waals surface area contributed by atoms with Crippen molar-refractivity contribution in [2.45, 2.75) is 0 Å². The molecule has 0 aliphatic carbocycles. The lowest BCUT2D eigenvalue weighted by atomic mass is 10.3. The molecule has 0 radical (unpaired) electrons. The lowest BCUT2D eigenvalue weighted by Gasteiger charge is -1.98. The summed E-state index contributed by atoms with van der Waals surface area (Å²) < 4.78 is 6.65. The summed E-state index contributed by atoms with van der Waals surface area (Å²) in [5.74, 6) is 0.529. The average Bonchev–Trinajstić information content (AvgIpc) is 2.84. The molecular formula is C9H4Cl2N4O. The summed E-state index contributed by atoms with van der Waals surface area (Å²) in [6.07, 6.45) is 4.56. The highest BCUT2D eigenvalue weighted by atomic mass is 35.5. The van der Waals surface area contributed by atoms with Crippen LogP contribution in [0.15, 0.2) is 29.1 Å². The summed E-state index contributed by atoms with van der Waals surface area (Å²) in [4.78, 5) is 3.92. The first-order chi connectivity index (χ1) is 7.77. The molecule has 0 saturated carbocycles. The summed E-state index contributed by atoms with van der Waals surface area (Å²) in [5.41, 5.74) is 1.20. The first-order valence-electron chi connectivity index (χ1n) is 4.35. The van der Waals surface area contributed by atoms with Crippen molar-refractivity contribution in [1.82, 2.24) is 19.6 Å². The van der Waals surface area contributed by atoms with E-state index in [1.165, 1.54) is 12.5 Å². The van der Waals surface area contributed by atoms with Crippen molar-refractivity contribution >= 4 is 28.8 Å². The second kappa shape index (κ2) is 3.47. The first kappa shape index (κ1) is 9.62. The highest BCUT2D eigenvalue weighted by Crippen LogP contribution is 2.28. The number of furan rings is 1. The molecule has 3 aromatic rings. The third kappa shape index (κ3) is 1.29. The van der Waals surface area contributed by atoms with Crippen LogP contribution in [-0.4, -0.2) is 19.6 Å². The maximum absolute atomic E-state index is 6.02. The maximum Gasteiger partial charge on any atom is 0.204 e. The Hall–Kier alpha value is -1.59. The van der Waals surface area contributed by atoms with Crippen molar-refractivity contribution in [2.75, 3.05) is 0 Å². The maximum atomic E-state index is 6.02. The molecule has 0 bridgehead atoms. The molecule has 3 aromatic heterocycles. The van der Waals surface area contributed by atoms with Gasteiger partial charge in [-0.15, -0.1) is 10.2 Å². The van der Waals surface area contributed by atoms with Gasteiger partial charge in [0.15, 0.2) is 11.5 Å². The van der Waals surface area contributed by atoms with E-state index in [1.807, 2.05) is 0 Å². The van der Waals surface area contributed by atoms with Crippen LogP contribution in [0.5, 0.6) is 0 Å². The third-order valence-corrected chi connectivity index (χ3v) is 2.69. The van der Waals surface area contributed by atoms with Gasteiger partial charge in [-0.05, 0) is 17.7 Å². The van der Waals surface area contributed by atoms with Gasteiger partial charge in [-0.25, -0.2) is 0 Å². The molecule has 0 amide bonds. The van der Waals surface area contributed by atoms with E-state index in [9.17, 15) is 0 Å². The lowest BCUT2D eigenvalue weighted by Crippen LogP contribution is -1.91. The topological polar surface area (TPSA) is 56.2 Å². The van der Waals surface area contributed by atoms with E-state index in [1.54, 1.807) is 16.7 Å². The van der Waals surface area contributed by atoms with E-state index in [0.29, 0.717) is 22.2 Å². The van der Waals surface area contributed by atoms with Gasteiger partial charge in [0.2, 0.25) is 5.22 Å². The molecule has 0 aromatic carbocycles. The zero-order valence-electron chi connectivity index (χ0n) is 7.76. The summed E-state index contributed by atoms with van der Waals surface area (Å²) in [7, 11) is 0. The predicted octanol–water partition coefficient (Wildman–Crippen LogP) is 2.69. The molecule has 0 unspecified atom stereocenters. The van der Waals surface area contributed by atoms with Gasteiger partial charge in [-0.1, -0.05) is 11.6 Å². The molecule has 3 heterocycles. The first-order valence-corrected chi connectivity index (χ1v) is 5.11. The second-order valence-electron chi connectivity index (χ2n) is 3.06. The zero-order chi connectivity index (χ0) is 11.1. The molecule has 0 N–H and O–H groups in total. The van der Waals surface area contributed by atoms with Crippen LogP contribution in [-0.2, 0) is 0 Å². The van der Waals surface area contributed by atoms with Gasteiger partial charge in [0.25, 0.3) is 0 Å². The number of fused-ring (bicyclic) bond motifs is 1. The number of hydrogen-bond acceptors (Lipinski definition) is 4. The molecule has 80 valence electrons. The van der Waals surface area contributed by atoms with Crippen molar-refractivity contribution in [3.63, 3.8) is 0 Å². The fraction of sp³-hybridized carbons (Fsp3) is 0. The van der Waals surface area contributed by atoms with Crippen LogP contribution >= 0.6 is 23.2 Å². The van der Waals surface area contributed by atoms with Crippen molar-refractivity contribution < 1.29 is 4.42 Å². The van der Waals surface area contributed by atoms with Crippen LogP contribution in [0, 0.1) is 0 Å². The monoisotopic (exact) mass is 254 g/mol. The summed E-state index contributed by atoms with van der Waals surface area (Å²) in [6.45, 7) is 0. The molecule has 0 spiro atoms.